The second-order valence-electron chi connectivity index (χ2n) is 7.53. The van der Waals surface area contributed by atoms with Crippen LogP contribution in [0.2, 0.25) is 0 Å². The van der Waals surface area contributed by atoms with Crippen LogP contribution in [-0.2, 0) is 10.3 Å². The first-order chi connectivity index (χ1) is 13.9. The molecule has 0 saturated carbocycles. The van der Waals surface area contributed by atoms with Crippen LogP contribution in [0.15, 0.2) is 42.5 Å². The second-order valence-corrected chi connectivity index (χ2v) is 7.53. The molecule has 7 heteroatoms. The Morgan fingerprint density at radius 3 is 2.66 bits per heavy atom. The van der Waals surface area contributed by atoms with Crippen LogP contribution in [-0.4, -0.2) is 47.8 Å². The van der Waals surface area contributed by atoms with Crippen molar-refractivity contribution in [3.05, 3.63) is 59.2 Å². The summed E-state index contributed by atoms with van der Waals surface area (Å²) in [5.74, 6) is 0.927. The largest absolute Gasteiger partial charge is 0.493 e. The molecular formula is C22H24N2O5. The van der Waals surface area contributed by atoms with Crippen LogP contribution < -0.4 is 14.8 Å². The summed E-state index contributed by atoms with van der Waals surface area (Å²) in [7, 11) is 0. The highest BCUT2D eigenvalue weighted by atomic mass is 16.5. The average molecular weight is 396 g/mol. The minimum Gasteiger partial charge on any atom is -0.493 e. The topological polar surface area (TPSA) is 88.1 Å². The van der Waals surface area contributed by atoms with Gasteiger partial charge in [0.15, 0.2) is 5.54 Å². The van der Waals surface area contributed by atoms with E-state index in [2.05, 4.69) is 5.32 Å². The summed E-state index contributed by atoms with van der Waals surface area (Å²) in [6.45, 7) is 4.03. The monoisotopic (exact) mass is 396 g/mol. The first kappa shape index (κ1) is 19.3. The molecule has 2 heterocycles. The van der Waals surface area contributed by atoms with Crippen LogP contribution in [0, 0.1) is 13.8 Å². The van der Waals surface area contributed by atoms with Crippen LogP contribution in [0.1, 0.15) is 23.1 Å². The summed E-state index contributed by atoms with van der Waals surface area (Å²) in [6.07, 6.45) is -0.658. The van der Waals surface area contributed by atoms with E-state index < -0.39 is 17.7 Å². The van der Waals surface area contributed by atoms with Crippen molar-refractivity contribution in [2.45, 2.75) is 31.9 Å². The summed E-state index contributed by atoms with van der Waals surface area (Å²) in [5.41, 5.74) is 1.43. The molecule has 0 bridgehead atoms. The molecule has 2 atom stereocenters. The highest BCUT2D eigenvalue weighted by Crippen LogP contribution is 2.41. The number of fused-ring (bicyclic) bond motifs is 2. The van der Waals surface area contributed by atoms with Gasteiger partial charge < -0.3 is 19.9 Å². The molecular weight excluding hydrogens is 372 g/mol. The standard InChI is InChI=1S/C22H24N2O5/c1-14-6-5-7-15(2)19(14)29-13-16(25)12-24-20(26)22(23-21(24)27)10-11-28-18-9-4-3-8-17(18)22/h3-9,16,25H,10-13H2,1-2H3,(H,23,27)/t16-,22-/m0/s1. The van der Waals surface area contributed by atoms with Gasteiger partial charge in [0.1, 0.15) is 24.2 Å². The van der Waals surface area contributed by atoms with Crippen LogP contribution in [0.3, 0.4) is 0 Å². The van der Waals surface area contributed by atoms with E-state index in [4.69, 9.17) is 9.47 Å². The number of urea groups is 1. The lowest BCUT2D eigenvalue weighted by molar-refractivity contribution is -0.133. The number of aryl methyl sites for hydroxylation is 2. The summed E-state index contributed by atoms with van der Waals surface area (Å²) in [5, 5.41) is 13.3. The van der Waals surface area contributed by atoms with Gasteiger partial charge in [-0.05, 0) is 31.0 Å². The molecule has 152 valence electrons. The van der Waals surface area contributed by atoms with Crippen LogP contribution in [0.5, 0.6) is 11.5 Å². The van der Waals surface area contributed by atoms with E-state index in [-0.39, 0.29) is 19.1 Å². The van der Waals surface area contributed by atoms with Gasteiger partial charge in [-0.1, -0.05) is 36.4 Å². The third-order valence-corrected chi connectivity index (χ3v) is 5.48. The predicted octanol–water partition coefficient (Wildman–Crippen LogP) is 2.27. The maximum Gasteiger partial charge on any atom is 0.325 e. The third kappa shape index (κ3) is 3.31. The molecule has 1 fully saturated rings. The van der Waals surface area contributed by atoms with E-state index in [1.165, 1.54) is 0 Å². The van der Waals surface area contributed by atoms with Crippen molar-refractivity contribution >= 4 is 11.9 Å². The number of imide groups is 1. The molecule has 1 spiro atoms. The number of amides is 3. The number of β-amino-alcohol motifs (C(OH)–C–C–N with tert-alkyl or cyclic N) is 1. The number of nitrogens with one attached hydrogen (secondary N) is 1. The van der Waals surface area contributed by atoms with Crippen molar-refractivity contribution in [2.75, 3.05) is 19.8 Å². The summed E-state index contributed by atoms with van der Waals surface area (Å²) >= 11 is 0. The molecule has 2 N–H and O–H groups in total. The maximum absolute atomic E-state index is 13.2. The molecule has 2 aliphatic rings. The highest BCUT2D eigenvalue weighted by Gasteiger charge is 2.55. The van der Waals surface area contributed by atoms with E-state index in [1.54, 1.807) is 12.1 Å². The zero-order chi connectivity index (χ0) is 20.6. The van der Waals surface area contributed by atoms with Crippen LogP contribution >= 0.6 is 0 Å². The van der Waals surface area contributed by atoms with Crippen molar-refractivity contribution in [1.82, 2.24) is 10.2 Å². The number of carbonyl (C=O) groups is 2. The molecule has 4 rings (SSSR count). The molecule has 7 nitrogen and oxygen atoms in total. The lowest BCUT2D eigenvalue weighted by Gasteiger charge is -2.33. The number of benzene rings is 2. The van der Waals surface area contributed by atoms with E-state index in [0.717, 1.165) is 16.0 Å². The molecule has 2 aromatic carbocycles. The summed E-state index contributed by atoms with van der Waals surface area (Å²) in [4.78, 5) is 26.9. The van der Waals surface area contributed by atoms with Crippen molar-refractivity contribution in [3.8, 4) is 11.5 Å². The number of hydrogen-bond acceptors (Lipinski definition) is 5. The Morgan fingerprint density at radius 1 is 1.17 bits per heavy atom. The third-order valence-electron chi connectivity index (χ3n) is 5.48. The maximum atomic E-state index is 13.2. The van der Waals surface area contributed by atoms with Gasteiger partial charge in [0.05, 0.1) is 13.2 Å². The zero-order valence-electron chi connectivity index (χ0n) is 16.5. The molecule has 0 unspecified atom stereocenters. The van der Waals surface area contributed by atoms with Gasteiger partial charge in [0, 0.05) is 12.0 Å². The van der Waals surface area contributed by atoms with Gasteiger partial charge in [-0.25, -0.2) is 4.79 Å². The minimum atomic E-state index is -1.14. The smallest absolute Gasteiger partial charge is 0.325 e. The number of aliphatic hydroxyl groups excluding tert-OH is 1. The fraction of sp³-hybridized carbons (Fsp3) is 0.364. The number of para-hydroxylation sites is 2. The van der Waals surface area contributed by atoms with Gasteiger partial charge in [-0.15, -0.1) is 0 Å². The van der Waals surface area contributed by atoms with Crippen molar-refractivity contribution < 1.29 is 24.2 Å². The lowest BCUT2D eigenvalue weighted by Crippen LogP contribution is -2.48. The quantitative estimate of drug-likeness (QED) is 0.757. The van der Waals surface area contributed by atoms with E-state index in [0.29, 0.717) is 30.1 Å². The molecule has 0 aliphatic carbocycles. The Hall–Kier alpha value is -3.06. The number of nitrogens with zero attached hydrogens (tertiary/aromatic N) is 1. The molecule has 2 aromatic rings. The van der Waals surface area contributed by atoms with Crippen LogP contribution in [0.4, 0.5) is 4.79 Å². The average Bonchev–Trinajstić information content (AvgIpc) is 2.93. The zero-order valence-corrected chi connectivity index (χ0v) is 16.5. The number of ether oxygens (including phenoxy) is 2. The Kier molecular flexibility index (Phi) is 4.92. The first-order valence-corrected chi connectivity index (χ1v) is 9.66. The van der Waals surface area contributed by atoms with Gasteiger partial charge >= 0.3 is 6.03 Å². The SMILES string of the molecule is Cc1cccc(C)c1OC[C@@H](O)CN1C(=O)N[C@]2(CCOc3ccccc32)C1=O. The minimum absolute atomic E-state index is 0.0184. The lowest BCUT2D eigenvalue weighted by atomic mass is 9.84. The summed E-state index contributed by atoms with van der Waals surface area (Å²) in [6, 6.07) is 12.5. The molecule has 1 saturated heterocycles. The fourth-order valence-electron chi connectivity index (χ4n) is 4.01. The number of hydrogen-bond donors (Lipinski definition) is 2. The van der Waals surface area contributed by atoms with E-state index in [9.17, 15) is 14.7 Å². The Bertz CT molecular complexity index is 940. The van der Waals surface area contributed by atoms with E-state index in [1.807, 2.05) is 44.2 Å². The first-order valence-electron chi connectivity index (χ1n) is 9.66. The highest BCUT2D eigenvalue weighted by molar-refractivity contribution is 6.08. The van der Waals surface area contributed by atoms with Gasteiger partial charge in [-0.3, -0.25) is 9.69 Å². The van der Waals surface area contributed by atoms with Crippen molar-refractivity contribution in [1.29, 1.82) is 0 Å². The number of rotatable bonds is 5. The number of carbonyl (C=O) groups excluding carboxylic acids is 2. The van der Waals surface area contributed by atoms with Crippen molar-refractivity contribution in [2.24, 2.45) is 0 Å². The molecule has 0 radical (unpaired) electrons. The Labute approximate surface area is 169 Å². The Balaban J connectivity index is 1.48. The van der Waals surface area contributed by atoms with E-state index >= 15 is 0 Å². The fourth-order valence-corrected chi connectivity index (χ4v) is 4.01. The van der Waals surface area contributed by atoms with Gasteiger partial charge in [0.2, 0.25) is 0 Å². The van der Waals surface area contributed by atoms with Crippen molar-refractivity contribution in [3.63, 3.8) is 0 Å². The predicted molar refractivity (Wildman–Crippen MR) is 106 cm³/mol. The summed E-state index contributed by atoms with van der Waals surface area (Å²) < 4.78 is 11.4. The normalized spacial score (nSPS) is 21.6. The molecule has 29 heavy (non-hydrogen) atoms. The molecule has 2 aliphatic heterocycles. The number of aliphatic hydroxyl groups is 1. The van der Waals surface area contributed by atoms with Crippen LogP contribution in [0.25, 0.3) is 0 Å². The van der Waals surface area contributed by atoms with Gasteiger partial charge in [-0.2, -0.15) is 0 Å². The second kappa shape index (κ2) is 7.40. The van der Waals surface area contributed by atoms with Gasteiger partial charge in [0.25, 0.3) is 5.91 Å². The Morgan fingerprint density at radius 2 is 1.90 bits per heavy atom. The molecule has 0 aromatic heterocycles. The molecule has 3 amide bonds.